The van der Waals surface area contributed by atoms with Crippen LogP contribution in [-0.4, -0.2) is 3.21 Å². The Kier molecular flexibility index (Phi) is 11.7. The summed E-state index contributed by atoms with van der Waals surface area (Å²) in [6.07, 6.45) is 12.9. The molecule has 56 heavy (non-hydrogen) atoms. The topological polar surface area (TPSA) is 0 Å². The molecular weight excluding hydrogens is 813 g/mol. The molecule has 4 aromatic rings. The molecule has 0 nitrogen and oxygen atoms in total. The summed E-state index contributed by atoms with van der Waals surface area (Å²) < 4.78 is 33.8. The van der Waals surface area contributed by atoms with E-state index in [9.17, 15) is 0 Å². The Morgan fingerprint density at radius 3 is 1.57 bits per heavy atom. The maximum Gasteiger partial charge on any atom is -1.00 e. The molecule has 0 saturated heterocycles. The van der Waals surface area contributed by atoms with Crippen molar-refractivity contribution < 1.29 is 54.9 Å². The third-order valence-corrected chi connectivity index (χ3v) is 21.4. The first-order valence-electron chi connectivity index (χ1n) is 19.9. The van der Waals surface area contributed by atoms with Crippen LogP contribution in [0.1, 0.15) is 137 Å². The zero-order valence-corrected chi connectivity index (χ0v) is 38.5. The van der Waals surface area contributed by atoms with Gasteiger partial charge in [0, 0.05) is 0 Å². The zero-order chi connectivity index (χ0) is 38.5. The first kappa shape index (κ1) is 42.6. The molecule has 5 heteroatoms. The normalized spacial score (nSPS) is 18.7. The summed E-state index contributed by atoms with van der Waals surface area (Å²) in [5, 5.41) is 0. The Morgan fingerprint density at radius 1 is 0.696 bits per heavy atom. The summed E-state index contributed by atoms with van der Waals surface area (Å²) in [6.45, 7) is 23.3. The van der Waals surface area contributed by atoms with Crippen LogP contribution in [0.2, 0.25) is 0 Å². The van der Waals surface area contributed by atoms with Gasteiger partial charge in [-0.15, -0.1) is 0 Å². The van der Waals surface area contributed by atoms with Crippen LogP contribution in [0.5, 0.6) is 0 Å². The smallest absolute Gasteiger partial charge is 1.00 e. The fraction of sp³-hybridized carbons (Fsp3) is 0.353. The van der Waals surface area contributed by atoms with Gasteiger partial charge in [-0.2, -0.15) is 0 Å². The van der Waals surface area contributed by atoms with Crippen molar-refractivity contribution in [3.63, 3.8) is 0 Å². The van der Waals surface area contributed by atoms with Crippen LogP contribution in [0, 0.1) is 23.0 Å². The number of rotatable bonds is 5. The molecule has 0 saturated carbocycles. The number of halogens is 4. The average molecular weight is 867 g/mol. The summed E-state index contributed by atoms with van der Waals surface area (Å²) in [5.41, 5.74) is 16.9. The first-order valence-corrected chi connectivity index (χ1v) is 23.8. The van der Waals surface area contributed by atoms with Crippen LogP contribution < -0.4 is 24.8 Å². The minimum absolute atomic E-state index is 0. The maximum atomic E-state index is 15.5. The molecule has 0 spiro atoms. The van der Waals surface area contributed by atoms with Gasteiger partial charge in [-0.05, 0) is 0 Å². The number of allylic oxidation sites excluding steroid dienone is 8. The van der Waals surface area contributed by atoms with Crippen LogP contribution in [-0.2, 0) is 32.1 Å². The van der Waals surface area contributed by atoms with Crippen molar-refractivity contribution in [2.75, 3.05) is 0 Å². The van der Waals surface area contributed by atoms with Gasteiger partial charge in [0.05, 0.1) is 0 Å². The Hall–Kier alpha value is -2.97. The van der Waals surface area contributed by atoms with Crippen LogP contribution in [0.25, 0.3) is 22.3 Å². The van der Waals surface area contributed by atoms with E-state index in [0.29, 0.717) is 0 Å². The van der Waals surface area contributed by atoms with Gasteiger partial charge in [-0.1, -0.05) is 0 Å². The monoisotopic (exact) mass is 864 g/mol. The molecule has 0 bridgehead atoms. The maximum absolute atomic E-state index is 15.5. The number of hydrogen-bond donors (Lipinski definition) is 0. The largest absolute Gasteiger partial charge is 1.00 e. The van der Waals surface area contributed by atoms with E-state index in [0.717, 1.165) is 30.4 Å². The van der Waals surface area contributed by atoms with Crippen LogP contribution in [0.4, 0.5) is 8.78 Å². The first-order chi connectivity index (χ1) is 25.5. The molecule has 4 aliphatic rings. The molecule has 1 atom stereocenters. The van der Waals surface area contributed by atoms with Gasteiger partial charge in [0.2, 0.25) is 0 Å². The molecule has 1 unspecified atom stereocenters. The van der Waals surface area contributed by atoms with Crippen molar-refractivity contribution in [2.24, 2.45) is 11.3 Å². The molecule has 0 amide bonds. The van der Waals surface area contributed by atoms with Gasteiger partial charge in [0.25, 0.3) is 0 Å². The van der Waals surface area contributed by atoms with Crippen molar-refractivity contribution in [3.05, 3.63) is 162 Å². The van der Waals surface area contributed by atoms with Gasteiger partial charge in [0.15, 0.2) is 0 Å². The minimum atomic E-state index is -3.37. The van der Waals surface area contributed by atoms with Gasteiger partial charge in [0.1, 0.15) is 0 Å². The van der Waals surface area contributed by atoms with Crippen molar-refractivity contribution >= 4 is 14.4 Å². The molecule has 0 radical (unpaired) electrons. The second kappa shape index (κ2) is 15.3. The summed E-state index contributed by atoms with van der Waals surface area (Å²) in [4.78, 5) is 0. The Balaban J connectivity index is 0.00000266. The van der Waals surface area contributed by atoms with Gasteiger partial charge in [-0.3, -0.25) is 0 Å². The number of benzene rings is 4. The van der Waals surface area contributed by atoms with Crippen molar-refractivity contribution in [1.29, 1.82) is 0 Å². The minimum Gasteiger partial charge on any atom is -1.00 e. The van der Waals surface area contributed by atoms with E-state index in [4.69, 9.17) is 0 Å². The van der Waals surface area contributed by atoms with E-state index in [1.165, 1.54) is 79.8 Å². The molecule has 0 aromatic heterocycles. The summed E-state index contributed by atoms with van der Waals surface area (Å²) >= 11 is -3.37. The molecule has 8 rings (SSSR count). The van der Waals surface area contributed by atoms with Crippen LogP contribution in [0.15, 0.2) is 106 Å². The van der Waals surface area contributed by atoms with E-state index in [1.807, 2.05) is 12.1 Å². The molecule has 4 aliphatic carbocycles. The number of fused-ring (bicyclic) bond motifs is 5. The standard InChI is InChI=1S/C27H29.C13H8F2.C11H17.2ClH.Zr/c1-16-7-9-26(3,4)24-12-18-11-19-13-25-21(17(2)8-10-27(25,5)6)15-23(19)22(18)14-20(16)24;14-12-5-1-3-10(8-12)7-11-4-2-6-13(15)9-11;1-5-9-6-7-10(8-9)11(2,3)4;;;/h7-8,11-15H,9-10H2,1-6H3;1-6,8-9H;7-9H,5H2,1-4H3;2*1H;/q;;;;;+2/p-2. The molecule has 0 aliphatic heterocycles. The Morgan fingerprint density at radius 2 is 1.16 bits per heavy atom. The third kappa shape index (κ3) is 7.22. The van der Waals surface area contributed by atoms with Crippen molar-refractivity contribution in [2.45, 2.75) is 103 Å². The molecular formula is C51H54Cl2F2Zr. The predicted molar refractivity (Wildman–Crippen MR) is 222 cm³/mol. The van der Waals surface area contributed by atoms with Gasteiger partial charge >= 0.3 is 332 Å². The van der Waals surface area contributed by atoms with Crippen LogP contribution in [0.3, 0.4) is 0 Å². The fourth-order valence-electron chi connectivity index (χ4n) is 9.62. The van der Waals surface area contributed by atoms with Crippen LogP contribution >= 0.6 is 0 Å². The summed E-state index contributed by atoms with van der Waals surface area (Å²) in [7, 11) is 0. The molecule has 0 N–H and O–H groups in total. The Bertz CT molecular complexity index is 2280. The van der Waals surface area contributed by atoms with Gasteiger partial charge < -0.3 is 24.8 Å². The quantitative estimate of drug-likeness (QED) is 0.191. The average Bonchev–Trinajstić information content (AvgIpc) is 3.69. The zero-order valence-electron chi connectivity index (χ0n) is 34.5. The Labute approximate surface area is 354 Å². The second-order valence-corrected chi connectivity index (χ2v) is 24.8. The molecule has 4 aromatic carbocycles. The van der Waals surface area contributed by atoms with E-state index >= 15 is 8.78 Å². The SMILES string of the molecule is CCC1C=C(C(C)(C)C)C=[C]1[Zr+2](=[C](c1cccc(F)c1)c1cccc(F)c1)[CH]1c2cc3c(cc2-c2cc4c(cc21)C(C)(C)CC=C4C)C(C)=CCC3(C)C.[Cl-].[Cl-]. The van der Waals surface area contributed by atoms with E-state index in [-0.39, 0.29) is 62.2 Å². The summed E-state index contributed by atoms with van der Waals surface area (Å²) in [6, 6.07) is 24.5. The molecule has 290 valence electrons. The molecule has 0 heterocycles. The predicted octanol–water partition coefficient (Wildman–Crippen LogP) is 8.00. The van der Waals surface area contributed by atoms with Gasteiger partial charge in [-0.25, -0.2) is 0 Å². The van der Waals surface area contributed by atoms with E-state index in [1.54, 1.807) is 12.1 Å². The van der Waals surface area contributed by atoms with E-state index in [2.05, 4.69) is 130 Å². The summed E-state index contributed by atoms with van der Waals surface area (Å²) in [5.74, 6) is -0.237. The second-order valence-electron chi connectivity index (χ2n) is 18.6. The van der Waals surface area contributed by atoms with E-state index < -0.39 is 21.3 Å². The van der Waals surface area contributed by atoms with Crippen molar-refractivity contribution in [1.82, 2.24) is 0 Å². The fourth-order valence-corrected chi connectivity index (χ4v) is 19.3. The third-order valence-electron chi connectivity index (χ3n) is 12.9. The van der Waals surface area contributed by atoms with Crippen molar-refractivity contribution in [3.8, 4) is 11.1 Å². The number of hydrogen-bond acceptors (Lipinski definition) is 0. The molecule has 0 fully saturated rings.